The summed E-state index contributed by atoms with van der Waals surface area (Å²) in [7, 11) is 0. The summed E-state index contributed by atoms with van der Waals surface area (Å²) in [5, 5.41) is 11.6. The number of rotatable bonds is 8. The lowest BCUT2D eigenvalue weighted by atomic mass is 10.1. The molecule has 0 bridgehead atoms. The molecular weight excluding hydrogens is 226 g/mol. The van der Waals surface area contributed by atoms with E-state index in [0.29, 0.717) is 12.8 Å². The second-order valence-corrected chi connectivity index (χ2v) is 4.67. The van der Waals surface area contributed by atoms with Crippen molar-refractivity contribution >= 4 is 5.91 Å². The van der Waals surface area contributed by atoms with Crippen molar-refractivity contribution in [3.8, 4) is 0 Å². The average Bonchev–Trinajstić information content (AvgIpc) is 2.38. The smallest absolute Gasteiger partial charge is 0.220 e. The molecule has 0 spiro atoms. The van der Waals surface area contributed by atoms with Crippen LogP contribution in [0.2, 0.25) is 0 Å². The van der Waals surface area contributed by atoms with Gasteiger partial charge in [-0.1, -0.05) is 30.3 Å². The van der Waals surface area contributed by atoms with Crippen molar-refractivity contribution in [2.24, 2.45) is 0 Å². The molecular formula is C15H23NO2. The third kappa shape index (κ3) is 6.40. The Morgan fingerprint density at radius 1 is 1.28 bits per heavy atom. The Kier molecular flexibility index (Phi) is 7.11. The molecule has 3 heteroatoms. The van der Waals surface area contributed by atoms with E-state index in [2.05, 4.69) is 17.4 Å². The number of aliphatic hydroxyl groups is 1. The van der Waals surface area contributed by atoms with Gasteiger partial charge in [-0.05, 0) is 38.2 Å². The summed E-state index contributed by atoms with van der Waals surface area (Å²) in [5.41, 5.74) is 1.30. The van der Waals surface area contributed by atoms with Crippen molar-refractivity contribution in [1.29, 1.82) is 0 Å². The van der Waals surface area contributed by atoms with Crippen LogP contribution >= 0.6 is 0 Å². The highest BCUT2D eigenvalue weighted by molar-refractivity contribution is 5.76. The van der Waals surface area contributed by atoms with Crippen molar-refractivity contribution in [1.82, 2.24) is 5.32 Å². The summed E-state index contributed by atoms with van der Waals surface area (Å²) >= 11 is 0. The maximum atomic E-state index is 11.5. The summed E-state index contributed by atoms with van der Waals surface area (Å²) < 4.78 is 0. The fourth-order valence-corrected chi connectivity index (χ4v) is 1.84. The van der Waals surface area contributed by atoms with Gasteiger partial charge in [-0.3, -0.25) is 4.79 Å². The molecule has 0 saturated heterocycles. The second-order valence-electron chi connectivity index (χ2n) is 4.67. The van der Waals surface area contributed by atoms with Gasteiger partial charge in [0.15, 0.2) is 0 Å². The van der Waals surface area contributed by atoms with E-state index in [9.17, 15) is 4.79 Å². The molecule has 1 atom stereocenters. The van der Waals surface area contributed by atoms with Crippen LogP contribution in [-0.4, -0.2) is 23.7 Å². The van der Waals surface area contributed by atoms with Crippen LogP contribution in [0.1, 0.15) is 38.2 Å². The van der Waals surface area contributed by atoms with Gasteiger partial charge >= 0.3 is 0 Å². The third-order valence-electron chi connectivity index (χ3n) is 2.93. The number of carbonyl (C=O) groups is 1. The molecule has 1 aromatic carbocycles. The van der Waals surface area contributed by atoms with Crippen LogP contribution in [0, 0.1) is 0 Å². The Morgan fingerprint density at radius 2 is 2.00 bits per heavy atom. The number of nitrogens with one attached hydrogen (secondary N) is 1. The van der Waals surface area contributed by atoms with Crippen LogP contribution in [0.3, 0.4) is 0 Å². The molecule has 0 fully saturated rings. The standard InChI is InChI=1S/C15H23NO2/c1-13(16-15(18)9-5-6-12-17)10-11-14-7-3-2-4-8-14/h2-4,7-8,13,17H,5-6,9-12H2,1H3,(H,16,18). The van der Waals surface area contributed by atoms with Crippen molar-refractivity contribution in [2.45, 2.75) is 45.1 Å². The summed E-state index contributed by atoms with van der Waals surface area (Å²) in [6.07, 6.45) is 3.91. The average molecular weight is 249 g/mol. The number of hydrogen-bond donors (Lipinski definition) is 2. The predicted molar refractivity (Wildman–Crippen MR) is 73.3 cm³/mol. The number of hydrogen-bond acceptors (Lipinski definition) is 2. The topological polar surface area (TPSA) is 49.3 Å². The second kappa shape index (κ2) is 8.70. The van der Waals surface area contributed by atoms with Crippen LogP contribution in [0.4, 0.5) is 0 Å². The summed E-state index contributed by atoms with van der Waals surface area (Å²) in [5.74, 6) is 0.0870. The van der Waals surface area contributed by atoms with Gasteiger partial charge in [-0.25, -0.2) is 0 Å². The normalized spacial score (nSPS) is 12.1. The molecule has 2 N–H and O–H groups in total. The highest BCUT2D eigenvalue weighted by Crippen LogP contribution is 2.05. The van der Waals surface area contributed by atoms with Gasteiger partial charge in [-0.2, -0.15) is 0 Å². The first-order valence-corrected chi connectivity index (χ1v) is 6.66. The van der Waals surface area contributed by atoms with E-state index in [4.69, 9.17) is 5.11 Å². The minimum atomic E-state index is 0.0870. The van der Waals surface area contributed by atoms with Crippen molar-refractivity contribution < 1.29 is 9.90 Å². The molecule has 0 saturated carbocycles. The molecule has 0 aromatic heterocycles. The quantitative estimate of drug-likeness (QED) is 0.694. The summed E-state index contributed by atoms with van der Waals surface area (Å²) in [6.45, 7) is 2.20. The highest BCUT2D eigenvalue weighted by atomic mass is 16.2. The molecule has 0 aliphatic rings. The summed E-state index contributed by atoms with van der Waals surface area (Å²) in [4.78, 5) is 11.5. The Bertz CT molecular complexity index is 338. The van der Waals surface area contributed by atoms with Crippen molar-refractivity contribution in [3.63, 3.8) is 0 Å². The van der Waals surface area contributed by atoms with Gasteiger partial charge in [0.2, 0.25) is 5.91 Å². The zero-order valence-corrected chi connectivity index (χ0v) is 11.1. The predicted octanol–water partition coefficient (Wildman–Crippen LogP) is 2.29. The zero-order valence-electron chi connectivity index (χ0n) is 11.1. The van der Waals surface area contributed by atoms with E-state index < -0.39 is 0 Å². The van der Waals surface area contributed by atoms with Crippen LogP contribution < -0.4 is 5.32 Å². The van der Waals surface area contributed by atoms with Crippen LogP contribution in [0.25, 0.3) is 0 Å². The third-order valence-corrected chi connectivity index (χ3v) is 2.93. The highest BCUT2D eigenvalue weighted by Gasteiger charge is 2.07. The van der Waals surface area contributed by atoms with Crippen LogP contribution in [0.5, 0.6) is 0 Å². The molecule has 1 amide bonds. The minimum absolute atomic E-state index is 0.0870. The van der Waals surface area contributed by atoms with Gasteiger partial charge in [0.25, 0.3) is 0 Å². The first kappa shape index (κ1) is 14.7. The zero-order chi connectivity index (χ0) is 13.2. The molecule has 0 radical (unpaired) electrons. The fraction of sp³-hybridized carbons (Fsp3) is 0.533. The van der Waals surface area contributed by atoms with E-state index in [-0.39, 0.29) is 18.6 Å². The van der Waals surface area contributed by atoms with Gasteiger partial charge in [0.05, 0.1) is 0 Å². The van der Waals surface area contributed by atoms with Crippen LogP contribution in [0.15, 0.2) is 30.3 Å². The number of carbonyl (C=O) groups excluding carboxylic acids is 1. The maximum absolute atomic E-state index is 11.5. The Morgan fingerprint density at radius 3 is 2.67 bits per heavy atom. The van der Waals surface area contributed by atoms with E-state index in [1.165, 1.54) is 5.56 Å². The molecule has 3 nitrogen and oxygen atoms in total. The van der Waals surface area contributed by atoms with Crippen molar-refractivity contribution in [3.05, 3.63) is 35.9 Å². The molecule has 1 aromatic rings. The molecule has 1 rings (SSSR count). The maximum Gasteiger partial charge on any atom is 0.220 e. The number of benzene rings is 1. The van der Waals surface area contributed by atoms with E-state index in [0.717, 1.165) is 19.3 Å². The molecule has 1 unspecified atom stereocenters. The Balaban J connectivity index is 2.17. The SMILES string of the molecule is CC(CCc1ccccc1)NC(=O)CCCCO. The largest absolute Gasteiger partial charge is 0.396 e. The number of aliphatic hydroxyl groups excluding tert-OH is 1. The van der Waals surface area contributed by atoms with Crippen molar-refractivity contribution in [2.75, 3.05) is 6.61 Å². The lowest BCUT2D eigenvalue weighted by molar-refractivity contribution is -0.121. The first-order chi connectivity index (χ1) is 8.72. The molecule has 100 valence electrons. The monoisotopic (exact) mass is 249 g/mol. The molecule has 0 aliphatic heterocycles. The number of amides is 1. The molecule has 0 aliphatic carbocycles. The van der Waals surface area contributed by atoms with E-state index in [1.807, 2.05) is 25.1 Å². The summed E-state index contributed by atoms with van der Waals surface area (Å²) in [6, 6.07) is 10.5. The Labute approximate surface area is 109 Å². The molecule has 18 heavy (non-hydrogen) atoms. The van der Waals surface area contributed by atoms with Gasteiger partial charge < -0.3 is 10.4 Å². The number of unbranched alkanes of at least 4 members (excludes halogenated alkanes) is 1. The van der Waals surface area contributed by atoms with Crippen LogP contribution in [-0.2, 0) is 11.2 Å². The lowest BCUT2D eigenvalue weighted by Gasteiger charge is -2.13. The minimum Gasteiger partial charge on any atom is -0.396 e. The van der Waals surface area contributed by atoms with E-state index >= 15 is 0 Å². The van der Waals surface area contributed by atoms with Gasteiger partial charge in [0, 0.05) is 19.1 Å². The first-order valence-electron chi connectivity index (χ1n) is 6.66. The number of aryl methyl sites for hydroxylation is 1. The van der Waals surface area contributed by atoms with E-state index in [1.54, 1.807) is 0 Å². The molecule has 0 heterocycles. The Hall–Kier alpha value is -1.35. The van der Waals surface area contributed by atoms with Gasteiger partial charge in [-0.15, -0.1) is 0 Å². The lowest BCUT2D eigenvalue weighted by Crippen LogP contribution is -2.32. The van der Waals surface area contributed by atoms with Gasteiger partial charge in [0.1, 0.15) is 0 Å². The fourth-order valence-electron chi connectivity index (χ4n) is 1.84.